The molecule has 2 saturated heterocycles. The maximum atomic E-state index is 12.9. The van der Waals surface area contributed by atoms with E-state index in [-0.39, 0.29) is 48.6 Å². The summed E-state index contributed by atoms with van der Waals surface area (Å²) in [7, 11) is 0. The van der Waals surface area contributed by atoms with E-state index in [0.717, 1.165) is 31.0 Å². The lowest BCUT2D eigenvalue weighted by molar-refractivity contribution is -0.137. The molecule has 11 heteroatoms. The van der Waals surface area contributed by atoms with Gasteiger partial charge in [0.15, 0.2) is 5.78 Å². The van der Waals surface area contributed by atoms with Gasteiger partial charge in [0.25, 0.3) is 11.8 Å². The summed E-state index contributed by atoms with van der Waals surface area (Å²) in [5.74, 6) is -0.954. The van der Waals surface area contributed by atoms with E-state index < -0.39 is 17.6 Å². The van der Waals surface area contributed by atoms with Crippen molar-refractivity contribution in [2.24, 2.45) is 5.92 Å². The topological polar surface area (TPSA) is 90.0 Å². The molecule has 0 spiro atoms. The Kier molecular flexibility index (Phi) is 9.80. The summed E-state index contributed by atoms with van der Waals surface area (Å²) in [4.78, 5) is 55.9. The highest BCUT2D eigenvalue weighted by Crippen LogP contribution is 2.29. The molecule has 2 aliphatic rings. The number of rotatable bonds is 9. The molecule has 1 atom stereocenters. The number of aryl methyl sites for hydroxylation is 1. The van der Waals surface area contributed by atoms with E-state index in [1.54, 1.807) is 9.80 Å². The van der Waals surface area contributed by atoms with Crippen molar-refractivity contribution in [3.8, 4) is 0 Å². The second-order valence-electron chi connectivity index (χ2n) is 10.6. The van der Waals surface area contributed by atoms with Crippen LogP contribution < -0.4 is 5.32 Å². The van der Waals surface area contributed by atoms with Crippen LogP contribution in [0.3, 0.4) is 0 Å². The predicted molar refractivity (Wildman–Crippen MR) is 146 cm³/mol. The van der Waals surface area contributed by atoms with Crippen LogP contribution >= 0.6 is 0 Å². The number of halogens is 3. The lowest BCUT2D eigenvalue weighted by Gasteiger charge is -2.35. The van der Waals surface area contributed by atoms with Crippen LogP contribution in [-0.2, 0) is 22.2 Å². The van der Waals surface area contributed by atoms with E-state index in [2.05, 4.69) is 12.2 Å². The maximum absolute atomic E-state index is 12.9. The number of piperazine rings is 1. The first-order chi connectivity index (χ1) is 19.5. The molecule has 0 radical (unpaired) electrons. The Balaban J connectivity index is 1.16. The molecule has 2 aromatic carbocycles. The number of carbonyl (C=O) groups is 4. The van der Waals surface area contributed by atoms with Gasteiger partial charge in [0.2, 0.25) is 5.91 Å². The third-order valence-corrected chi connectivity index (χ3v) is 7.67. The van der Waals surface area contributed by atoms with Gasteiger partial charge >= 0.3 is 6.18 Å². The number of nitrogens with zero attached hydrogens (tertiary/aromatic N) is 3. The van der Waals surface area contributed by atoms with Gasteiger partial charge < -0.3 is 15.1 Å². The molecule has 0 aromatic heterocycles. The van der Waals surface area contributed by atoms with Crippen molar-refractivity contribution < 1.29 is 32.3 Å². The SMILES string of the molecule is CCc1ccc(C(=O)N2CCN(C(=O)CN3CCC(CC(=O)CNC(=O)c4cccc(C(F)(F)F)c4)C3)CC2)cc1. The lowest BCUT2D eigenvalue weighted by atomic mass is 10.0. The first-order valence-electron chi connectivity index (χ1n) is 13.9. The van der Waals surface area contributed by atoms with Crippen LogP contribution in [-0.4, -0.2) is 90.6 Å². The molecule has 3 amide bonds. The third-order valence-electron chi connectivity index (χ3n) is 7.67. The maximum Gasteiger partial charge on any atom is 0.416 e. The highest BCUT2D eigenvalue weighted by atomic mass is 19.4. The number of amides is 3. The van der Waals surface area contributed by atoms with Crippen molar-refractivity contribution in [2.45, 2.75) is 32.4 Å². The number of carbonyl (C=O) groups excluding carboxylic acids is 4. The molecular weight excluding hydrogens is 537 g/mol. The van der Waals surface area contributed by atoms with Gasteiger partial charge in [-0.05, 0) is 61.2 Å². The van der Waals surface area contributed by atoms with Gasteiger partial charge in [-0.2, -0.15) is 13.2 Å². The second-order valence-corrected chi connectivity index (χ2v) is 10.6. The van der Waals surface area contributed by atoms with Crippen LogP contribution in [0, 0.1) is 5.92 Å². The van der Waals surface area contributed by atoms with Crippen molar-refractivity contribution in [1.82, 2.24) is 20.0 Å². The van der Waals surface area contributed by atoms with Crippen molar-refractivity contribution >= 4 is 23.5 Å². The molecule has 0 saturated carbocycles. The molecule has 2 aromatic rings. The summed E-state index contributed by atoms with van der Waals surface area (Å²) >= 11 is 0. The number of ketones is 1. The summed E-state index contributed by atoms with van der Waals surface area (Å²) in [5, 5.41) is 2.41. The smallest absolute Gasteiger partial charge is 0.345 e. The van der Waals surface area contributed by atoms with E-state index in [4.69, 9.17) is 0 Å². The van der Waals surface area contributed by atoms with Gasteiger partial charge in [0, 0.05) is 50.3 Å². The number of Topliss-reactive ketones (excluding diaryl/α,β-unsaturated/α-hetero) is 1. The molecule has 1 N–H and O–H groups in total. The van der Waals surface area contributed by atoms with E-state index in [1.165, 1.54) is 11.6 Å². The predicted octanol–water partition coefficient (Wildman–Crippen LogP) is 3.26. The minimum atomic E-state index is -4.56. The zero-order valence-corrected chi connectivity index (χ0v) is 23.1. The fraction of sp³-hybridized carbons (Fsp3) is 0.467. The molecule has 2 heterocycles. The van der Waals surface area contributed by atoms with Crippen molar-refractivity contribution in [3.05, 3.63) is 70.8 Å². The summed E-state index contributed by atoms with van der Waals surface area (Å²) in [6, 6.07) is 11.7. The van der Waals surface area contributed by atoms with Crippen LogP contribution in [0.4, 0.5) is 13.2 Å². The van der Waals surface area contributed by atoms with Gasteiger partial charge in [-0.15, -0.1) is 0 Å². The summed E-state index contributed by atoms with van der Waals surface area (Å²) in [5.41, 5.74) is 0.736. The number of nitrogens with one attached hydrogen (secondary N) is 1. The molecule has 4 rings (SSSR count). The number of likely N-dealkylation sites (tertiary alicyclic amines) is 1. The van der Waals surface area contributed by atoms with Gasteiger partial charge in [0.1, 0.15) is 0 Å². The summed E-state index contributed by atoms with van der Waals surface area (Å²) in [6.45, 7) is 5.18. The fourth-order valence-electron chi connectivity index (χ4n) is 5.25. The van der Waals surface area contributed by atoms with Crippen LogP contribution in [0.5, 0.6) is 0 Å². The highest BCUT2D eigenvalue weighted by Gasteiger charge is 2.32. The first-order valence-corrected chi connectivity index (χ1v) is 13.9. The largest absolute Gasteiger partial charge is 0.416 e. The monoisotopic (exact) mass is 572 g/mol. The first kappa shape index (κ1) is 30.2. The number of alkyl halides is 3. The van der Waals surface area contributed by atoms with E-state index in [0.29, 0.717) is 44.8 Å². The molecule has 220 valence electrons. The van der Waals surface area contributed by atoms with Gasteiger partial charge in [-0.1, -0.05) is 25.1 Å². The molecule has 1 unspecified atom stereocenters. The zero-order valence-electron chi connectivity index (χ0n) is 23.1. The summed E-state index contributed by atoms with van der Waals surface area (Å²) in [6.07, 6.45) is -2.70. The van der Waals surface area contributed by atoms with E-state index in [1.807, 2.05) is 29.2 Å². The fourth-order valence-corrected chi connectivity index (χ4v) is 5.25. The van der Waals surface area contributed by atoms with Crippen LogP contribution in [0.25, 0.3) is 0 Å². The quantitative estimate of drug-likeness (QED) is 0.499. The van der Waals surface area contributed by atoms with Gasteiger partial charge in [0.05, 0.1) is 18.7 Å². The Morgan fingerprint density at radius 3 is 2.24 bits per heavy atom. The molecule has 2 fully saturated rings. The average molecular weight is 573 g/mol. The Bertz CT molecular complexity index is 1260. The summed E-state index contributed by atoms with van der Waals surface area (Å²) < 4.78 is 38.7. The average Bonchev–Trinajstić information content (AvgIpc) is 3.41. The van der Waals surface area contributed by atoms with E-state index in [9.17, 15) is 32.3 Å². The van der Waals surface area contributed by atoms with Crippen molar-refractivity contribution in [1.29, 1.82) is 0 Å². The Morgan fingerprint density at radius 2 is 1.59 bits per heavy atom. The van der Waals surface area contributed by atoms with E-state index >= 15 is 0 Å². The van der Waals surface area contributed by atoms with Crippen LogP contribution in [0.2, 0.25) is 0 Å². The van der Waals surface area contributed by atoms with Crippen molar-refractivity contribution in [2.75, 3.05) is 52.4 Å². The van der Waals surface area contributed by atoms with Gasteiger partial charge in [-0.3, -0.25) is 24.1 Å². The standard InChI is InChI=1S/C30H35F3N4O4/c1-2-21-6-8-23(9-7-21)29(41)37-14-12-36(13-15-37)27(39)20-35-11-10-22(19-35)16-26(38)18-34-28(40)24-4-3-5-25(17-24)30(31,32)33/h3-9,17,22H,2,10-16,18-20H2,1H3,(H,34,40). The normalized spacial score (nSPS) is 17.9. The lowest BCUT2D eigenvalue weighted by Crippen LogP contribution is -2.52. The second kappa shape index (κ2) is 13.3. The Labute approximate surface area is 237 Å². The number of hydrogen-bond acceptors (Lipinski definition) is 5. The minimum absolute atomic E-state index is 0.00951. The molecule has 2 aliphatic heterocycles. The number of benzene rings is 2. The minimum Gasteiger partial charge on any atom is -0.345 e. The molecule has 0 aliphatic carbocycles. The highest BCUT2D eigenvalue weighted by molar-refractivity contribution is 5.97. The van der Waals surface area contributed by atoms with Crippen LogP contribution in [0.15, 0.2) is 48.5 Å². The third kappa shape index (κ3) is 8.16. The molecule has 41 heavy (non-hydrogen) atoms. The zero-order chi connectivity index (χ0) is 29.6. The van der Waals surface area contributed by atoms with Crippen LogP contribution in [0.1, 0.15) is 51.6 Å². The number of hydrogen-bond donors (Lipinski definition) is 1. The van der Waals surface area contributed by atoms with Gasteiger partial charge in [-0.25, -0.2) is 0 Å². The Hall–Kier alpha value is -3.73. The molecule has 8 nitrogen and oxygen atoms in total. The Morgan fingerprint density at radius 1 is 0.902 bits per heavy atom. The molecular formula is C30H35F3N4O4. The molecule has 0 bridgehead atoms. The van der Waals surface area contributed by atoms with Crippen molar-refractivity contribution in [3.63, 3.8) is 0 Å².